The van der Waals surface area contributed by atoms with Crippen LogP contribution in [0, 0.1) is 0 Å². The Morgan fingerprint density at radius 3 is 2.91 bits per heavy atom. The number of nitrogens with zero attached hydrogens (tertiary/aromatic N) is 2. The van der Waals surface area contributed by atoms with Crippen molar-refractivity contribution in [2.45, 2.75) is 32.1 Å². The average molecular weight is 320 g/mol. The molecule has 0 aliphatic carbocycles. The lowest BCUT2D eigenvalue weighted by Crippen LogP contribution is -2.02. The lowest BCUT2D eigenvalue weighted by atomic mass is 10.1. The third kappa shape index (κ3) is 5.61. The third-order valence-corrected chi connectivity index (χ3v) is 4.08. The van der Waals surface area contributed by atoms with E-state index in [0.717, 1.165) is 54.6 Å². The van der Waals surface area contributed by atoms with Gasteiger partial charge in [0.15, 0.2) is 0 Å². The van der Waals surface area contributed by atoms with Crippen molar-refractivity contribution in [1.29, 1.82) is 0 Å². The third-order valence-electron chi connectivity index (χ3n) is 3.37. The highest BCUT2D eigenvalue weighted by atomic mass is 32.1. The van der Waals surface area contributed by atoms with Gasteiger partial charge in [-0.1, -0.05) is 25.0 Å². The number of anilines is 1. The SMILES string of the molecule is COc1cccc(Cc2nsc(NCCCCCCN)n2)c1. The van der Waals surface area contributed by atoms with Crippen molar-refractivity contribution in [1.82, 2.24) is 9.36 Å². The first kappa shape index (κ1) is 16.7. The fraction of sp³-hybridized carbons (Fsp3) is 0.500. The first-order valence-electron chi connectivity index (χ1n) is 7.71. The van der Waals surface area contributed by atoms with E-state index in [-0.39, 0.29) is 0 Å². The maximum atomic E-state index is 5.48. The topological polar surface area (TPSA) is 73.1 Å². The lowest BCUT2D eigenvalue weighted by Gasteiger charge is -2.02. The van der Waals surface area contributed by atoms with Crippen LogP contribution in [0.15, 0.2) is 24.3 Å². The second-order valence-electron chi connectivity index (χ2n) is 5.17. The van der Waals surface area contributed by atoms with Gasteiger partial charge in [0, 0.05) is 24.5 Å². The molecule has 120 valence electrons. The first-order valence-corrected chi connectivity index (χ1v) is 8.48. The molecule has 6 heteroatoms. The molecule has 0 aliphatic rings. The molecule has 0 aliphatic heterocycles. The summed E-state index contributed by atoms with van der Waals surface area (Å²) >= 11 is 1.42. The van der Waals surface area contributed by atoms with E-state index in [1.807, 2.05) is 18.2 Å². The summed E-state index contributed by atoms with van der Waals surface area (Å²) in [4.78, 5) is 4.53. The van der Waals surface area contributed by atoms with Gasteiger partial charge in [0.1, 0.15) is 11.6 Å². The van der Waals surface area contributed by atoms with E-state index in [2.05, 4.69) is 20.7 Å². The van der Waals surface area contributed by atoms with Gasteiger partial charge < -0.3 is 15.8 Å². The summed E-state index contributed by atoms with van der Waals surface area (Å²) in [6, 6.07) is 8.01. The van der Waals surface area contributed by atoms with Crippen LogP contribution in [0.4, 0.5) is 5.13 Å². The van der Waals surface area contributed by atoms with Crippen LogP contribution in [0.1, 0.15) is 37.1 Å². The Balaban J connectivity index is 1.76. The van der Waals surface area contributed by atoms with Gasteiger partial charge >= 0.3 is 0 Å². The Bertz CT molecular complexity index is 559. The van der Waals surface area contributed by atoms with Crippen molar-refractivity contribution in [3.8, 4) is 5.75 Å². The number of rotatable bonds is 10. The second kappa shape index (κ2) is 9.38. The predicted molar refractivity (Wildman–Crippen MR) is 91.7 cm³/mol. The molecule has 0 saturated heterocycles. The number of benzene rings is 1. The van der Waals surface area contributed by atoms with Crippen LogP contribution in [-0.4, -0.2) is 29.6 Å². The molecular formula is C16H24N4OS. The molecule has 1 aromatic heterocycles. The fourth-order valence-corrected chi connectivity index (χ4v) is 2.79. The predicted octanol–water partition coefficient (Wildman–Crippen LogP) is 3.07. The monoisotopic (exact) mass is 320 g/mol. The molecule has 2 aromatic rings. The van der Waals surface area contributed by atoms with E-state index in [4.69, 9.17) is 10.5 Å². The molecule has 1 heterocycles. The highest BCUT2D eigenvalue weighted by Gasteiger charge is 2.05. The molecule has 0 spiro atoms. The zero-order chi connectivity index (χ0) is 15.6. The Morgan fingerprint density at radius 1 is 1.23 bits per heavy atom. The molecule has 22 heavy (non-hydrogen) atoms. The Hall–Kier alpha value is -1.66. The van der Waals surface area contributed by atoms with Crippen molar-refractivity contribution in [2.24, 2.45) is 5.73 Å². The molecule has 0 unspecified atom stereocenters. The number of aromatic nitrogens is 2. The molecule has 1 aromatic carbocycles. The summed E-state index contributed by atoms with van der Waals surface area (Å²) < 4.78 is 9.64. The quantitative estimate of drug-likeness (QED) is 0.658. The van der Waals surface area contributed by atoms with Crippen molar-refractivity contribution in [3.63, 3.8) is 0 Å². The Labute approximate surface area is 136 Å². The Kier molecular flexibility index (Phi) is 7.12. The number of unbranched alkanes of at least 4 members (excludes halogenated alkanes) is 3. The highest BCUT2D eigenvalue weighted by molar-refractivity contribution is 7.09. The lowest BCUT2D eigenvalue weighted by molar-refractivity contribution is 0.414. The highest BCUT2D eigenvalue weighted by Crippen LogP contribution is 2.17. The van der Waals surface area contributed by atoms with Crippen LogP contribution >= 0.6 is 11.5 Å². The van der Waals surface area contributed by atoms with Gasteiger partial charge in [-0.25, -0.2) is 4.98 Å². The molecular weight excluding hydrogens is 296 g/mol. The molecule has 0 saturated carbocycles. The molecule has 3 N–H and O–H groups in total. The van der Waals surface area contributed by atoms with Crippen molar-refractivity contribution >= 4 is 16.7 Å². The van der Waals surface area contributed by atoms with E-state index in [1.165, 1.54) is 24.4 Å². The zero-order valence-electron chi connectivity index (χ0n) is 13.0. The average Bonchev–Trinajstić information content (AvgIpc) is 2.98. The van der Waals surface area contributed by atoms with Crippen LogP contribution in [-0.2, 0) is 6.42 Å². The summed E-state index contributed by atoms with van der Waals surface area (Å²) in [5.41, 5.74) is 6.64. The summed E-state index contributed by atoms with van der Waals surface area (Å²) in [6.45, 7) is 1.73. The standard InChI is InChI=1S/C16H24N4OS/c1-21-14-8-6-7-13(11-14)12-15-19-16(22-20-15)18-10-5-3-2-4-9-17/h6-8,11H,2-5,9-10,12,17H2,1H3,(H,18,19,20). The number of hydrogen-bond acceptors (Lipinski definition) is 6. The van der Waals surface area contributed by atoms with E-state index in [1.54, 1.807) is 7.11 Å². The molecule has 2 rings (SSSR count). The van der Waals surface area contributed by atoms with Gasteiger partial charge in [0.05, 0.1) is 7.11 Å². The maximum absolute atomic E-state index is 5.48. The van der Waals surface area contributed by atoms with Crippen LogP contribution in [0.5, 0.6) is 5.75 Å². The van der Waals surface area contributed by atoms with E-state index < -0.39 is 0 Å². The van der Waals surface area contributed by atoms with E-state index in [9.17, 15) is 0 Å². The summed E-state index contributed by atoms with van der Waals surface area (Å²) in [5.74, 6) is 1.72. The normalized spacial score (nSPS) is 10.6. The number of nitrogens with two attached hydrogens (primary N) is 1. The van der Waals surface area contributed by atoms with Gasteiger partial charge in [-0.05, 0) is 37.1 Å². The van der Waals surface area contributed by atoms with Crippen LogP contribution in [0.3, 0.4) is 0 Å². The molecule has 0 radical (unpaired) electrons. The van der Waals surface area contributed by atoms with Crippen LogP contribution in [0.25, 0.3) is 0 Å². The largest absolute Gasteiger partial charge is 0.497 e. The minimum absolute atomic E-state index is 0.728. The first-order chi connectivity index (χ1) is 10.8. The molecule has 0 atom stereocenters. The maximum Gasteiger partial charge on any atom is 0.202 e. The van der Waals surface area contributed by atoms with Gasteiger partial charge in [0.2, 0.25) is 5.13 Å². The van der Waals surface area contributed by atoms with Crippen molar-refractivity contribution in [3.05, 3.63) is 35.7 Å². The molecule has 0 bridgehead atoms. The van der Waals surface area contributed by atoms with Crippen LogP contribution < -0.4 is 15.8 Å². The van der Waals surface area contributed by atoms with Gasteiger partial charge in [-0.15, -0.1) is 0 Å². The van der Waals surface area contributed by atoms with E-state index in [0.29, 0.717) is 0 Å². The van der Waals surface area contributed by atoms with Gasteiger partial charge in [0.25, 0.3) is 0 Å². The molecule has 5 nitrogen and oxygen atoms in total. The number of methoxy groups -OCH3 is 1. The number of ether oxygens (including phenoxy) is 1. The summed E-state index contributed by atoms with van der Waals surface area (Å²) in [5, 5.41) is 4.24. The van der Waals surface area contributed by atoms with E-state index >= 15 is 0 Å². The van der Waals surface area contributed by atoms with Gasteiger partial charge in [-0.3, -0.25) is 0 Å². The van der Waals surface area contributed by atoms with Crippen molar-refractivity contribution in [2.75, 3.05) is 25.5 Å². The summed E-state index contributed by atoms with van der Waals surface area (Å²) in [6.07, 6.45) is 5.40. The fourth-order valence-electron chi connectivity index (χ4n) is 2.18. The van der Waals surface area contributed by atoms with Crippen LogP contribution in [0.2, 0.25) is 0 Å². The smallest absolute Gasteiger partial charge is 0.202 e. The minimum atomic E-state index is 0.728. The van der Waals surface area contributed by atoms with Crippen molar-refractivity contribution < 1.29 is 4.74 Å². The number of nitrogens with one attached hydrogen (secondary N) is 1. The Morgan fingerprint density at radius 2 is 2.09 bits per heavy atom. The van der Waals surface area contributed by atoms with Gasteiger partial charge in [-0.2, -0.15) is 4.37 Å². The minimum Gasteiger partial charge on any atom is -0.497 e. The molecule has 0 fully saturated rings. The zero-order valence-corrected chi connectivity index (χ0v) is 13.9. The number of hydrogen-bond donors (Lipinski definition) is 2. The summed E-state index contributed by atoms with van der Waals surface area (Å²) in [7, 11) is 1.68. The second-order valence-corrected chi connectivity index (χ2v) is 5.93. The molecule has 0 amide bonds.